The molecule has 0 spiro atoms. The van der Waals surface area contributed by atoms with E-state index in [2.05, 4.69) is 43.4 Å². The fourth-order valence-corrected chi connectivity index (χ4v) is 4.26. The number of fused-ring (bicyclic) bond motifs is 1. The zero-order valence-corrected chi connectivity index (χ0v) is 13.8. The van der Waals surface area contributed by atoms with E-state index in [1.165, 1.54) is 26.8 Å². The SMILES string of the molecule is Cc1c(C(C)NCCCS(C)(=O)=O)sc2ccccc12. The third-order valence-corrected chi connectivity index (χ3v) is 5.90. The van der Waals surface area contributed by atoms with Crippen LogP contribution in [0.2, 0.25) is 0 Å². The van der Waals surface area contributed by atoms with Gasteiger partial charge in [-0.3, -0.25) is 0 Å². The van der Waals surface area contributed by atoms with Gasteiger partial charge in [0.25, 0.3) is 0 Å². The molecule has 0 bridgehead atoms. The number of thiophene rings is 1. The molecule has 0 aliphatic heterocycles. The molecule has 0 aliphatic carbocycles. The Morgan fingerprint density at radius 1 is 1.30 bits per heavy atom. The van der Waals surface area contributed by atoms with E-state index in [4.69, 9.17) is 0 Å². The van der Waals surface area contributed by atoms with E-state index in [-0.39, 0.29) is 11.8 Å². The lowest BCUT2D eigenvalue weighted by atomic mass is 10.1. The highest BCUT2D eigenvalue weighted by Crippen LogP contribution is 2.34. The van der Waals surface area contributed by atoms with Gasteiger partial charge in [-0.25, -0.2) is 8.42 Å². The molecule has 2 rings (SSSR count). The van der Waals surface area contributed by atoms with Gasteiger partial charge in [-0.05, 0) is 43.8 Å². The molecular weight excluding hydrogens is 290 g/mol. The van der Waals surface area contributed by atoms with Crippen molar-refractivity contribution in [2.75, 3.05) is 18.6 Å². The smallest absolute Gasteiger partial charge is 0.147 e. The maximum Gasteiger partial charge on any atom is 0.147 e. The van der Waals surface area contributed by atoms with Crippen LogP contribution >= 0.6 is 11.3 Å². The average Bonchev–Trinajstić information content (AvgIpc) is 2.72. The second-order valence-corrected chi connectivity index (χ2v) is 8.59. The van der Waals surface area contributed by atoms with E-state index < -0.39 is 9.84 Å². The van der Waals surface area contributed by atoms with Crippen molar-refractivity contribution < 1.29 is 8.42 Å². The molecule has 0 amide bonds. The molecule has 1 aromatic heterocycles. The highest BCUT2D eigenvalue weighted by Gasteiger charge is 2.13. The number of hydrogen-bond acceptors (Lipinski definition) is 4. The lowest BCUT2D eigenvalue weighted by Crippen LogP contribution is -2.21. The molecule has 1 atom stereocenters. The summed E-state index contributed by atoms with van der Waals surface area (Å²) in [5.74, 6) is 0.248. The molecule has 5 heteroatoms. The van der Waals surface area contributed by atoms with Crippen molar-refractivity contribution in [1.82, 2.24) is 5.32 Å². The summed E-state index contributed by atoms with van der Waals surface area (Å²) in [7, 11) is -2.85. The summed E-state index contributed by atoms with van der Waals surface area (Å²) >= 11 is 1.81. The Hall–Kier alpha value is -0.910. The van der Waals surface area contributed by atoms with Crippen molar-refractivity contribution in [2.24, 2.45) is 0 Å². The summed E-state index contributed by atoms with van der Waals surface area (Å²) in [5, 5.41) is 4.74. The fraction of sp³-hybridized carbons (Fsp3) is 0.467. The van der Waals surface area contributed by atoms with Crippen molar-refractivity contribution in [3.05, 3.63) is 34.7 Å². The Kier molecular flexibility index (Phi) is 4.83. The monoisotopic (exact) mass is 311 g/mol. The van der Waals surface area contributed by atoms with Crippen LogP contribution in [0.5, 0.6) is 0 Å². The highest BCUT2D eigenvalue weighted by molar-refractivity contribution is 7.90. The van der Waals surface area contributed by atoms with Crippen LogP contribution in [-0.4, -0.2) is 27.0 Å². The van der Waals surface area contributed by atoms with Crippen LogP contribution in [0.3, 0.4) is 0 Å². The van der Waals surface area contributed by atoms with Crippen molar-refractivity contribution in [3.63, 3.8) is 0 Å². The zero-order chi connectivity index (χ0) is 14.8. The first-order valence-electron chi connectivity index (χ1n) is 6.77. The van der Waals surface area contributed by atoms with Gasteiger partial charge in [0.15, 0.2) is 0 Å². The average molecular weight is 311 g/mol. The molecule has 1 heterocycles. The van der Waals surface area contributed by atoms with Gasteiger partial charge in [0.2, 0.25) is 0 Å². The quantitative estimate of drug-likeness (QED) is 0.833. The van der Waals surface area contributed by atoms with Crippen molar-refractivity contribution >= 4 is 31.3 Å². The Balaban J connectivity index is 2.01. The van der Waals surface area contributed by atoms with Gasteiger partial charge in [-0.1, -0.05) is 18.2 Å². The van der Waals surface area contributed by atoms with Crippen LogP contribution in [0.25, 0.3) is 10.1 Å². The Morgan fingerprint density at radius 3 is 2.65 bits per heavy atom. The van der Waals surface area contributed by atoms with Crippen molar-refractivity contribution in [2.45, 2.75) is 26.3 Å². The Labute approximate surface area is 124 Å². The minimum Gasteiger partial charge on any atom is -0.309 e. The molecule has 1 N–H and O–H groups in total. The predicted molar refractivity (Wildman–Crippen MR) is 87.3 cm³/mol. The summed E-state index contributed by atoms with van der Waals surface area (Å²) in [5.41, 5.74) is 1.33. The normalized spacial score (nSPS) is 13.8. The van der Waals surface area contributed by atoms with Gasteiger partial charge in [0.05, 0.1) is 5.75 Å². The van der Waals surface area contributed by atoms with Crippen LogP contribution in [0.1, 0.15) is 29.8 Å². The minimum atomic E-state index is -2.85. The number of aryl methyl sites for hydroxylation is 1. The third-order valence-electron chi connectivity index (χ3n) is 3.42. The molecule has 0 radical (unpaired) electrons. The molecule has 0 aliphatic rings. The minimum absolute atomic E-state index is 0.248. The molecule has 0 saturated heterocycles. The Morgan fingerprint density at radius 2 is 2.00 bits per heavy atom. The number of hydrogen-bond donors (Lipinski definition) is 1. The molecule has 20 heavy (non-hydrogen) atoms. The molecule has 1 aromatic carbocycles. The first kappa shape index (κ1) is 15.5. The van der Waals surface area contributed by atoms with E-state index in [0.717, 1.165) is 6.54 Å². The molecule has 110 valence electrons. The van der Waals surface area contributed by atoms with E-state index in [1.54, 1.807) is 0 Å². The Bertz CT molecular complexity index is 689. The molecule has 3 nitrogen and oxygen atoms in total. The van der Waals surface area contributed by atoms with Gasteiger partial charge < -0.3 is 5.32 Å². The van der Waals surface area contributed by atoms with E-state index in [9.17, 15) is 8.42 Å². The third kappa shape index (κ3) is 3.81. The van der Waals surface area contributed by atoms with Crippen LogP contribution in [-0.2, 0) is 9.84 Å². The topological polar surface area (TPSA) is 46.2 Å². The van der Waals surface area contributed by atoms with Crippen LogP contribution in [0, 0.1) is 6.92 Å². The summed E-state index contributed by atoms with van der Waals surface area (Å²) in [6.45, 7) is 5.02. The van der Waals surface area contributed by atoms with Gasteiger partial charge in [-0.2, -0.15) is 0 Å². The lowest BCUT2D eigenvalue weighted by molar-refractivity contribution is 0.566. The van der Waals surface area contributed by atoms with Crippen molar-refractivity contribution in [3.8, 4) is 0 Å². The number of nitrogens with one attached hydrogen (secondary N) is 1. The number of sulfone groups is 1. The molecule has 0 fully saturated rings. The van der Waals surface area contributed by atoms with Gasteiger partial charge in [-0.15, -0.1) is 11.3 Å². The second kappa shape index (κ2) is 6.24. The summed E-state index contributed by atoms with van der Waals surface area (Å²) in [4.78, 5) is 1.34. The summed E-state index contributed by atoms with van der Waals surface area (Å²) in [6, 6.07) is 8.68. The molecule has 0 saturated carbocycles. The van der Waals surface area contributed by atoms with Crippen molar-refractivity contribution in [1.29, 1.82) is 0 Å². The van der Waals surface area contributed by atoms with Crippen LogP contribution in [0.15, 0.2) is 24.3 Å². The standard InChI is InChI=1S/C15H21NO2S2/c1-11-13-7-4-5-8-14(13)19-15(11)12(2)16-9-6-10-20(3,17)18/h4-5,7-8,12,16H,6,9-10H2,1-3H3. The first-order chi connectivity index (χ1) is 9.38. The largest absolute Gasteiger partial charge is 0.309 e. The zero-order valence-electron chi connectivity index (χ0n) is 12.1. The highest BCUT2D eigenvalue weighted by atomic mass is 32.2. The van der Waals surface area contributed by atoms with Crippen LogP contribution < -0.4 is 5.32 Å². The first-order valence-corrected chi connectivity index (χ1v) is 9.65. The summed E-state index contributed by atoms with van der Waals surface area (Å²) in [6.07, 6.45) is 1.94. The van der Waals surface area contributed by atoms with E-state index in [1.807, 2.05) is 11.3 Å². The molecule has 1 unspecified atom stereocenters. The molecule has 2 aromatic rings. The second-order valence-electron chi connectivity index (χ2n) is 5.25. The molecular formula is C15H21NO2S2. The number of rotatable bonds is 6. The van der Waals surface area contributed by atoms with Gasteiger partial charge in [0, 0.05) is 21.9 Å². The lowest BCUT2D eigenvalue weighted by Gasteiger charge is -2.13. The van der Waals surface area contributed by atoms with Gasteiger partial charge in [0.1, 0.15) is 9.84 Å². The van der Waals surface area contributed by atoms with E-state index >= 15 is 0 Å². The van der Waals surface area contributed by atoms with Crippen LogP contribution in [0.4, 0.5) is 0 Å². The summed E-state index contributed by atoms with van der Waals surface area (Å²) < 4.78 is 23.5. The maximum absolute atomic E-state index is 11.1. The fourth-order valence-electron chi connectivity index (χ4n) is 2.35. The maximum atomic E-state index is 11.1. The number of benzene rings is 1. The van der Waals surface area contributed by atoms with Gasteiger partial charge >= 0.3 is 0 Å². The van der Waals surface area contributed by atoms with E-state index in [0.29, 0.717) is 6.42 Å². The predicted octanol–water partition coefficient (Wildman–Crippen LogP) is 3.30.